The lowest BCUT2D eigenvalue weighted by atomic mass is 10.2. The number of carbonyl (C=O) groups excluding carboxylic acids is 1. The molecule has 4 rings (SSSR count). The maximum Gasteiger partial charge on any atom is 0.269 e. The second kappa shape index (κ2) is 6.45. The number of rotatable bonds is 3. The van der Waals surface area contributed by atoms with Crippen molar-refractivity contribution in [2.24, 2.45) is 0 Å². The molecule has 0 saturated heterocycles. The van der Waals surface area contributed by atoms with E-state index in [0.717, 1.165) is 0 Å². The molecule has 1 amide bonds. The quantitative estimate of drug-likeness (QED) is 0.780. The smallest absolute Gasteiger partial charge is 0.269 e. The van der Waals surface area contributed by atoms with Crippen molar-refractivity contribution in [1.29, 1.82) is 0 Å². The van der Waals surface area contributed by atoms with Gasteiger partial charge in [-0.15, -0.1) is 0 Å². The van der Waals surface area contributed by atoms with Crippen LogP contribution in [0.3, 0.4) is 0 Å². The summed E-state index contributed by atoms with van der Waals surface area (Å²) in [5, 5.41) is 7.40. The van der Waals surface area contributed by atoms with E-state index in [9.17, 15) is 4.79 Å². The van der Waals surface area contributed by atoms with Gasteiger partial charge in [0.2, 0.25) is 6.10 Å². The summed E-state index contributed by atoms with van der Waals surface area (Å²) in [5.41, 5.74) is 1.15. The van der Waals surface area contributed by atoms with Crippen molar-refractivity contribution >= 4 is 23.2 Å². The third-order valence-electron chi connectivity index (χ3n) is 3.68. The number of halogens is 1. The number of aromatic nitrogens is 3. The summed E-state index contributed by atoms with van der Waals surface area (Å²) in [5.74, 6) is 0.826. The van der Waals surface area contributed by atoms with Gasteiger partial charge >= 0.3 is 0 Å². The van der Waals surface area contributed by atoms with E-state index in [1.807, 2.05) is 12.1 Å². The van der Waals surface area contributed by atoms with Crippen LogP contribution in [0.4, 0.5) is 5.69 Å². The lowest BCUT2D eigenvalue weighted by Crippen LogP contribution is -2.40. The fraction of sp³-hybridized carbons (Fsp3) is 0.118. The van der Waals surface area contributed by atoms with Crippen LogP contribution in [-0.4, -0.2) is 33.4 Å². The Morgan fingerprint density at radius 1 is 1.24 bits per heavy atom. The SMILES string of the molecule is O=C(Nc1cc(Cl)ccc1-n1cncn1)[C@H]1COc2ccccc2O1. The standard InChI is InChI=1S/C17H13ClN4O3/c18-11-5-6-13(22-10-19-9-20-22)12(7-11)21-17(23)16-8-24-14-3-1-2-4-15(14)25-16/h1-7,9-10,16H,8H2,(H,21,23)/t16-/m1/s1. The van der Waals surface area contributed by atoms with Crippen LogP contribution in [0.5, 0.6) is 11.5 Å². The summed E-state index contributed by atoms with van der Waals surface area (Å²) in [6.45, 7) is 0.127. The molecule has 8 heteroatoms. The summed E-state index contributed by atoms with van der Waals surface area (Å²) >= 11 is 6.06. The molecule has 0 spiro atoms. The fourth-order valence-corrected chi connectivity index (χ4v) is 2.67. The molecule has 0 bridgehead atoms. The van der Waals surface area contributed by atoms with Crippen LogP contribution in [-0.2, 0) is 4.79 Å². The summed E-state index contributed by atoms with van der Waals surface area (Å²) < 4.78 is 12.8. The molecule has 1 N–H and O–H groups in total. The van der Waals surface area contributed by atoms with Gasteiger partial charge in [0.25, 0.3) is 5.91 Å². The highest BCUT2D eigenvalue weighted by Gasteiger charge is 2.28. The number of para-hydroxylation sites is 2. The molecule has 2 heterocycles. The Bertz CT molecular complexity index is 914. The van der Waals surface area contributed by atoms with E-state index < -0.39 is 6.10 Å². The average Bonchev–Trinajstić information content (AvgIpc) is 3.16. The van der Waals surface area contributed by atoms with Crippen LogP contribution in [0.1, 0.15) is 0 Å². The molecule has 0 aliphatic carbocycles. The maximum absolute atomic E-state index is 12.6. The summed E-state index contributed by atoms with van der Waals surface area (Å²) in [7, 11) is 0. The minimum atomic E-state index is -0.766. The number of amides is 1. The maximum atomic E-state index is 12.6. The molecular weight excluding hydrogens is 344 g/mol. The first kappa shape index (κ1) is 15.5. The second-order valence-electron chi connectivity index (χ2n) is 5.36. The third kappa shape index (κ3) is 3.14. The Labute approximate surface area is 148 Å². The monoisotopic (exact) mass is 356 g/mol. The topological polar surface area (TPSA) is 78.3 Å². The molecule has 1 aliphatic heterocycles. The van der Waals surface area contributed by atoms with Crippen molar-refractivity contribution < 1.29 is 14.3 Å². The Hall–Kier alpha value is -3.06. The number of hydrogen-bond acceptors (Lipinski definition) is 5. The van der Waals surface area contributed by atoms with Gasteiger partial charge in [0.15, 0.2) is 11.5 Å². The Morgan fingerprint density at radius 3 is 2.88 bits per heavy atom. The van der Waals surface area contributed by atoms with Gasteiger partial charge in [0.05, 0.1) is 11.4 Å². The molecule has 0 saturated carbocycles. The molecule has 0 unspecified atom stereocenters. The number of hydrogen-bond donors (Lipinski definition) is 1. The summed E-state index contributed by atoms with van der Waals surface area (Å²) in [6.07, 6.45) is 2.18. The van der Waals surface area contributed by atoms with E-state index in [4.69, 9.17) is 21.1 Å². The predicted octanol–water partition coefficient (Wildman–Crippen LogP) is 2.70. The van der Waals surface area contributed by atoms with Gasteiger partial charge in [-0.3, -0.25) is 4.79 Å². The van der Waals surface area contributed by atoms with Crippen LogP contribution in [0, 0.1) is 0 Å². The largest absolute Gasteiger partial charge is 0.485 e. The highest BCUT2D eigenvalue weighted by molar-refractivity contribution is 6.31. The number of nitrogens with zero attached hydrogens (tertiary/aromatic N) is 3. The number of anilines is 1. The van der Waals surface area contributed by atoms with Gasteiger partial charge < -0.3 is 14.8 Å². The lowest BCUT2D eigenvalue weighted by Gasteiger charge is -2.25. The lowest BCUT2D eigenvalue weighted by molar-refractivity contribution is -0.125. The van der Waals surface area contributed by atoms with Crippen molar-refractivity contribution in [2.75, 3.05) is 11.9 Å². The van der Waals surface area contributed by atoms with Gasteiger partial charge in [-0.2, -0.15) is 5.10 Å². The number of ether oxygens (including phenoxy) is 2. The van der Waals surface area contributed by atoms with E-state index in [0.29, 0.717) is 27.9 Å². The van der Waals surface area contributed by atoms with Crippen molar-refractivity contribution in [3.05, 3.63) is 60.1 Å². The first-order valence-corrected chi connectivity index (χ1v) is 7.92. The van der Waals surface area contributed by atoms with Crippen LogP contribution in [0.25, 0.3) is 5.69 Å². The first-order chi connectivity index (χ1) is 12.2. The molecule has 7 nitrogen and oxygen atoms in total. The van der Waals surface area contributed by atoms with Crippen molar-refractivity contribution in [3.8, 4) is 17.2 Å². The minimum absolute atomic E-state index is 0.127. The normalized spacial score (nSPS) is 15.6. The summed E-state index contributed by atoms with van der Waals surface area (Å²) in [4.78, 5) is 16.5. The van der Waals surface area contributed by atoms with Crippen LogP contribution < -0.4 is 14.8 Å². The average molecular weight is 357 g/mol. The third-order valence-corrected chi connectivity index (χ3v) is 3.92. The van der Waals surface area contributed by atoms with Crippen LogP contribution in [0.2, 0.25) is 5.02 Å². The second-order valence-corrected chi connectivity index (χ2v) is 5.79. The highest BCUT2D eigenvalue weighted by atomic mass is 35.5. The van der Waals surface area contributed by atoms with Gasteiger partial charge in [-0.25, -0.2) is 9.67 Å². The van der Waals surface area contributed by atoms with Gasteiger partial charge in [-0.05, 0) is 30.3 Å². The molecule has 1 atom stereocenters. The molecule has 1 aromatic heterocycles. The minimum Gasteiger partial charge on any atom is -0.485 e. The van der Waals surface area contributed by atoms with E-state index >= 15 is 0 Å². The molecule has 2 aromatic carbocycles. The number of nitrogens with one attached hydrogen (secondary N) is 1. The van der Waals surface area contributed by atoms with Gasteiger partial charge in [-0.1, -0.05) is 23.7 Å². The number of carbonyl (C=O) groups is 1. The molecule has 25 heavy (non-hydrogen) atoms. The zero-order chi connectivity index (χ0) is 17.2. The summed E-state index contributed by atoms with van der Waals surface area (Å²) in [6, 6.07) is 12.3. The Morgan fingerprint density at radius 2 is 2.08 bits per heavy atom. The van der Waals surface area contributed by atoms with Gasteiger partial charge in [0.1, 0.15) is 19.3 Å². The first-order valence-electron chi connectivity index (χ1n) is 7.54. The number of fused-ring (bicyclic) bond motifs is 1. The predicted molar refractivity (Wildman–Crippen MR) is 91.4 cm³/mol. The molecule has 3 aromatic rings. The molecule has 0 radical (unpaired) electrons. The zero-order valence-electron chi connectivity index (χ0n) is 12.9. The number of benzene rings is 2. The van der Waals surface area contributed by atoms with Crippen LogP contribution in [0.15, 0.2) is 55.1 Å². The Kier molecular flexibility index (Phi) is 3.99. The molecular formula is C17H13ClN4O3. The molecule has 0 fully saturated rings. The van der Waals surface area contributed by atoms with Gasteiger partial charge in [0, 0.05) is 5.02 Å². The van der Waals surface area contributed by atoms with E-state index in [1.165, 1.54) is 12.7 Å². The fourth-order valence-electron chi connectivity index (χ4n) is 2.50. The van der Waals surface area contributed by atoms with Crippen molar-refractivity contribution in [1.82, 2.24) is 14.8 Å². The van der Waals surface area contributed by atoms with Crippen molar-refractivity contribution in [2.45, 2.75) is 6.10 Å². The zero-order valence-corrected chi connectivity index (χ0v) is 13.7. The van der Waals surface area contributed by atoms with E-state index in [2.05, 4.69) is 15.4 Å². The Balaban J connectivity index is 1.57. The highest BCUT2D eigenvalue weighted by Crippen LogP contribution is 2.31. The van der Waals surface area contributed by atoms with E-state index in [-0.39, 0.29) is 12.5 Å². The molecule has 126 valence electrons. The van der Waals surface area contributed by atoms with Crippen molar-refractivity contribution in [3.63, 3.8) is 0 Å². The van der Waals surface area contributed by atoms with Crippen LogP contribution >= 0.6 is 11.6 Å². The van der Waals surface area contributed by atoms with E-state index in [1.54, 1.807) is 35.0 Å². The molecule has 1 aliphatic rings.